The molecule has 1 aromatic carbocycles. The summed E-state index contributed by atoms with van der Waals surface area (Å²) in [6.07, 6.45) is 1.63. The molecule has 0 N–H and O–H groups in total. The highest BCUT2D eigenvalue weighted by atomic mass is 35.5. The fraction of sp³-hybridized carbons (Fsp3) is 0.400. The summed E-state index contributed by atoms with van der Waals surface area (Å²) in [5, 5.41) is 0.466. The van der Waals surface area contributed by atoms with E-state index in [2.05, 4.69) is 0 Å². The number of hydroxylamine groups is 1. The van der Waals surface area contributed by atoms with Crippen molar-refractivity contribution in [1.29, 1.82) is 0 Å². The summed E-state index contributed by atoms with van der Waals surface area (Å²) in [7, 11) is -3.72. The zero-order chi connectivity index (χ0) is 12.5. The third-order valence-electron chi connectivity index (χ3n) is 2.41. The summed E-state index contributed by atoms with van der Waals surface area (Å²) in [4.78, 5) is 5.12. The van der Waals surface area contributed by atoms with E-state index < -0.39 is 10.0 Å². The number of halogens is 2. The van der Waals surface area contributed by atoms with Crippen LogP contribution in [-0.2, 0) is 14.9 Å². The predicted molar refractivity (Wildman–Crippen MR) is 65.5 cm³/mol. The van der Waals surface area contributed by atoms with Crippen LogP contribution in [0.25, 0.3) is 0 Å². The molecule has 0 bridgehead atoms. The van der Waals surface area contributed by atoms with Gasteiger partial charge in [0.2, 0.25) is 0 Å². The van der Waals surface area contributed by atoms with Gasteiger partial charge in [0, 0.05) is 11.6 Å². The molecule has 7 heteroatoms. The van der Waals surface area contributed by atoms with Crippen LogP contribution in [0.1, 0.15) is 12.8 Å². The smallest absolute Gasteiger partial charge is 0.266 e. The van der Waals surface area contributed by atoms with E-state index in [0.29, 0.717) is 18.2 Å². The van der Waals surface area contributed by atoms with Crippen LogP contribution >= 0.6 is 23.2 Å². The summed E-state index contributed by atoms with van der Waals surface area (Å²) in [5.74, 6) is 0. The van der Waals surface area contributed by atoms with Crippen LogP contribution in [0.5, 0.6) is 0 Å². The van der Waals surface area contributed by atoms with Crippen LogP contribution in [-0.4, -0.2) is 26.0 Å². The lowest BCUT2D eigenvalue weighted by atomic mass is 10.3. The van der Waals surface area contributed by atoms with Crippen LogP contribution in [0.3, 0.4) is 0 Å². The van der Waals surface area contributed by atoms with Crippen LogP contribution in [0.2, 0.25) is 10.0 Å². The van der Waals surface area contributed by atoms with Gasteiger partial charge in [0.05, 0.1) is 11.6 Å². The minimum Gasteiger partial charge on any atom is -0.284 e. The van der Waals surface area contributed by atoms with Crippen LogP contribution in [0.4, 0.5) is 0 Å². The van der Waals surface area contributed by atoms with Gasteiger partial charge in [-0.15, -0.1) is 0 Å². The number of sulfonamides is 1. The first kappa shape index (κ1) is 13.1. The van der Waals surface area contributed by atoms with Crippen molar-refractivity contribution >= 4 is 33.2 Å². The van der Waals surface area contributed by atoms with Gasteiger partial charge in [0.25, 0.3) is 10.0 Å². The summed E-state index contributed by atoms with van der Waals surface area (Å²) >= 11 is 11.7. The molecule has 1 saturated heterocycles. The lowest BCUT2D eigenvalue weighted by Gasteiger charge is -2.25. The fourth-order valence-electron chi connectivity index (χ4n) is 1.55. The Morgan fingerprint density at radius 1 is 1.24 bits per heavy atom. The zero-order valence-electron chi connectivity index (χ0n) is 8.90. The molecule has 0 unspecified atom stereocenters. The Hall–Kier alpha value is -0.330. The maximum atomic E-state index is 12.2. The van der Waals surface area contributed by atoms with Gasteiger partial charge < -0.3 is 0 Å². The highest BCUT2D eigenvalue weighted by Gasteiger charge is 2.29. The lowest BCUT2D eigenvalue weighted by Crippen LogP contribution is -2.35. The monoisotopic (exact) mass is 295 g/mol. The van der Waals surface area contributed by atoms with Crippen molar-refractivity contribution in [3.63, 3.8) is 0 Å². The van der Waals surface area contributed by atoms with Crippen LogP contribution in [0.15, 0.2) is 23.1 Å². The Morgan fingerprint density at radius 3 is 2.65 bits per heavy atom. The maximum Gasteiger partial charge on any atom is 0.266 e. The van der Waals surface area contributed by atoms with Gasteiger partial charge in [-0.3, -0.25) is 4.84 Å². The van der Waals surface area contributed by atoms with Gasteiger partial charge in [0.1, 0.15) is 4.90 Å². The van der Waals surface area contributed by atoms with Crippen LogP contribution < -0.4 is 0 Å². The second-order valence-electron chi connectivity index (χ2n) is 3.65. The molecule has 0 saturated carbocycles. The third kappa shape index (κ3) is 2.74. The average Bonchev–Trinajstić information content (AvgIpc) is 2.33. The molecule has 4 nitrogen and oxygen atoms in total. The summed E-state index contributed by atoms with van der Waals surface area (Å²) < 4.78 is 25.4. The van der Waals surface area contributed by atoms with Crippen molar-refractivity contribution in [2.45, 2.75) is 17.7 Å². The molecule has 17 heavy (non-hydrogen) atoms. The van der Waals surface area contributed by atoms with Crippen LogP contribution in [0, 0.1) is 0 Å². The number of rotatable bonds is 2. The Morgan fingerprint density at radius 2 is 2.00 bits per heavy atom. The van der Waals surface area contributed by atoms with E-state index in [1.54, 1.807) is 6.07 Å². The molecule has 1 aliphatic heterocycles. The van der Waals surface area contributed by atoms with Gasteiger partial charge in [-0.05, 0) is 31.0 Å². The largest absolute Gasteiger partial charge is 0.284 e. The van der Waals surface area contributed by atoms with Crippen molar-refractivity contribution in [2.75, 3.05) is 13.2 Å². The number of hydrogen-bond acceptors (Lipinski definition) is 3. The number of hydrogen-bond donors (Lipinski definition) is 0. The molecule has 1 heterocycles. The Kier molecular flexibility index (Phi) is 3.95. The molecule has 94 valence electrons. The van der Waals surface area contributed by atoms with E-state index in [1.165, 1.54) is 12.1 Å². The van der Waals surface area contributed by atoms with Crippen molar-refractivity contribution < 1.29 is 13.3 Å². The quantitative estimate of drug-likeness (QED) is 0.843. The van der Waals surface area contributed by atoms with E-state index in [9.17, 15) is 8.42 Å². The van der Waals surface area contributed by atoms with Gasteiger partial charge in [-0.25, -0.2) is 8.42 Å². The molecule has 0 amide bonds. The highest BCUT2D eigenvalue weighted by molar-refractivity contribution is 7.89. The van der Waals surface area contributed by atoms with Gasteiger partial charge in [-0.1, -0.05) is 27.7 Å². The van der Waals surface area contributed by atoms with E-state index in [1.807, 2.05) is 0 Å². The Bertz CT molecular complexity index is 512. The molecule has 1 aromatic rings. The standard InChI is InChI=1S/C10H11Cl2NO3S/c11-8-3-4-9(12)10(7-8)17(14,15)13-5-1-2-6-16-13/h3-4,7H,1-2,5-6H2. The van der Waals surface area contributed by atoms with E-state index in [-0.39, 0.29) is 9.92 Å². The van der Waals surface area contributed by atoms with Gasteiger partial charge in [0.15, 0.2) is 0 Å². The number of benzene rings is 1. The zero-order valence-corrected chi connectivity index (χ0v) is 11.2. The molecular formula is C10H11Cl2NO3S. The Balaban J connectivity index is 2.40. The molecule has 1 aliphatic rings. The summed E-state index contributed by atoms with van der Waals surface area (Å²) in [6.45, 7) is 0.739. The molecule has 0 spiro atoms. The first-order valence-electron chi connectivity index (χ1n) is 5.12. The second-order valence-corrected chi connectivity index (χ2v) is 6.29. The molecule has 1 fully saturated rings. The molecule has 2 rings (SSSR count). The van der Waals surface area contributed by atoms with E-state index >= 15 is 0 Å². The molecule has 0 atom stereocenters. The minimum absolute atomic E-state index is 0.0198. The SMILES string of the molecule is O=S(=O)(c1cc(Cl)ccc1Cl)N1CCCCO1. The van der Waals surface area contributed by atoms with Gasteiger partial charge >= 0.3 is 0 Å². The molecule has 0 aliphatic carbocycles. The summed E-state index contributed by atoms with van der Waals surface area (Å²) in [5.41, 5.74) is 0. The fourth-order valence-corrected chi connectivity index (χ4v) is 3.59. The van der Waals surface area contributed by atoms with Crippen molar-refractivity contribution in [1.82, 2.24) is 4.47 Å². The van der Waals surface area contributed by atoms with Gasteiger partial charge in [-0.2, -0.15) is 0 Å². The maximum absolute atomic E-state index is 12.2. The first-order valence-corrected chi connectivity index (χ1v) is 7.32. The minimum atomic E-state index is -3.72. The normalized spacial score (nSPS) is 18.2. The molecule has 0 aromatic heterocycles. The highest BCUT2D eigenvalue weighted by Crippen LogP contribution is 2.28. The molecular weight excluding hydrogens is 285 g/mol. The van der Waals surface area contributed by atoms with Crippen molar-refractivity contribution in [3.05, 3.63) is 28.2 Å². The Labute approximate surface area is 110 Å². The summed E-state index contributed by atoms with van der Waals surface area (Å²) in [6, 6.07) is 4.33. The second kappa shape index (κ2) is 5.12. The first-order chi connectivity index (χ1) is 8.01. The predicted octanol–water partition coefficient (Wildman–Crippen LogP) is 2.71. The van der Waals surface area contributed by atoms with Crippen molar-refractivity contribution in [3.8, 4) is 0 Å². The molecule has 0 radical (unpaired) electrons. The average molecular weight is 296 g/mol. The van der Waals surface area contributed by atoms with Crippen molar-refractivity contribution in [2.24, 2.45) is 0 Å². The lowest BCUT2D eigenvalue weighted by molar-refractivity contribution is -0.108. The van der Waals surface area contributed by atoms with E-state index in [0.717, 1.165) is 17.3 Å². The third-order valence-corrected chi connectivity index (χ3v) is 4.80. The number of nitrogens with zero attached hydrogens (tertiary/aromatic N) is 1. The topological polar surface area (TPSA) is 46.6 Å². The van der Waals surface area contributed by atoms with E-state index in [4.69, 9.17) is 28.0 Å².